The maximum absolute atomic E-state index is 13.7. The standard InChI is InChI=1S/C35H33NO8/c1-40-25-16-18-26(19-17-25)43-35-30(36-33(38)27-14-8-9-15-28(27)34(36)39)32(42-21-24-12-6-3-7-13-24)31(37)29(44-35)22-41-20-23-10-4-2-5-11-23/h2-19,29-32,35,37H,20-22H2,1H3/t29-,30-,31-,32-,35-/m1/s1. The van der Waals surface area contributed by atoms with Crippen LogP contribution in [0.2, 0.25) is 0 Å². The molecule has 0 spiro atoms. The van der Waals surface area contributed by atoms with E-state index in [1.165, 1.54) is 0 Å². The van der Waals surface area contributed by atoms with Crippen molar-refractivity contribution in [2.75, 3.05) is 13.7 Å². The van der Waals surface area contributed by atoms with Gasteiger partial charge >= 0.3 is 0 Å². The minimum atomic E-state index is -1.26. The molecule has 2 aliphatic heterocycles. The van der Waals surface area contributed by atoms with Gasteiger partial charge in [0.15, 0.2) is 0 Å². The lowest BCUT2D eigenvalue weighted by Crippen LogP contribution is -2.67. The third-order valence-corrected chi connectivity index (χ3v) is 7.76. The first kappa shape index (κ1) is 29.5. The van der Waals surface area contributed by atoms with E-state index in [4.69, 9.17) is 23.7 Å². The molecule has 2 amide bonds. The summed E-state index contributed by atoms with van der Waals surface area (Å²) in [6.45, 7) is 0.433. The number of nitrogens with zero attached hydrogens (tertiary/aromatic N) is 1. The second-order valence-corrected chi connectivity index (χ2v) is 10.6. The molecule has 5 atom stereocenters. The van der Waals surface area contributed by atoms with E-state index in [2.05, 4.69) is 0 Å². The van der Waals surface area contributed by atoms with Crippen LogP contribution in [0.25, 0.3) is 0 Å². The highest BCUT2D eigenvalue weighted by Gasteiger charge is 2.55. The fourth-order valence-corrected chi connectivity index (χ4v) is 5.50. The Bertz CT molecular complexity index is 1530. The lowest BCUT2D eigenvalue weighted by atomic mass is 9.95. The van der Waals surface area contributed by atoms with E-state index in [0.717, 1.165) is 16.0 Å². The van der Waals surface area contributed by atoms with Crippen LogP contribution in [-0.2, 0) is 27.4 Å². The summed E-state index contributed by atoms with van der Waals surface area (Å²) in [7, 11) is 1.56. The highest BCUT2D eigenvalue weighted by atomic mass is 16.7. The molecule has 4 aromatic carbocycles. The third-order valence-electron chi connectivity index (χ3n) is 7.76. The molecule has 2 heterocycles. The predicted molar refractivity (Wildman–Crippen MR) is 160 cm³/mol. The molecule has 4 aromatic rings. The van der Waals surface area contributed by atoms with E-state index >= 15 is 0 Å². The van der Waals surface area contributed by atoms with Crippen LogP contribution < -0.4 is 9.47 Å². The molecule has 0 bridgehead atoms. The smallest absolute Gasteiger partial charge is 0.262 e. The molecule has 0 aromatic heterocycles. The zero-order valence-corrected chi connectivity index (χ0v) is 24.2. The molecule has 44 heavy (non-hydrogen) atoms. The average molecular weight is 596 g/mol. The molecule has 0 saturated carbocycles. The van der Waals surface area contributed by atoms with Crippen molar-refractivity contribution in [2.24, 2.45) is 0 Å². The van der Waals surface area contributed by atoms with Gasteiger partial charge in [-0.3, -0.25) is 14.5 Å². The topological polar surface area (TPSA) is 104 Å². The molecule has 1 saturated heterocycles. The van der Waals surface area contributed by atoms with E-state index in [0.29, 0.717) is 18.1 Å². The normalized spacial score (nSPS) is 23.0. The summed E-state index contributed by atoms with van der Waals surface area (Å²) in [5.41, 5.74) is 2.36. The fraction of sp³-hybridized carbons (Fsp3) is 0.257. The van der Waals surface area contributed by atoms with Crippen molar-refractivity contribution < 1.29 is 38.4 Å². The first-order chi connectivity index (χ1) is 21.5. The number of carbonyl (C=O) groups excluding carboxylic acids is 2. The van der Waals surface area contributed by atoms with Crippen LogP contribution >= 0.6 is 0 Å². The minimum Gasteiger partial charge on any atom is -0.497 e. The molecule has 0 unspecified atom stereocenters. The Morgan fingerprint density at radius 1 is 0.727 bits per heavy atom. The average Bonchev–Trinajstić information content (AvgIpc) is 3.32. The number of rotatable bonds is 11. The van der Waals surface area contributed by atoms with E-state index < -0.39 is 42.5 Å². The first-order valence-electron chi connectivity index (χ1n) is 14.4. The van der Waals surface area contributed by atoms with Crippen molar-refractivity contribution in [2.45, 2.75) is 43.9 Å². The number of aliphatic hydroxyl groups is 1. The van der Waals surface area contributed by atoms with Crippen molar-refractivity contribution in [1.29, 1.82) is 0 Å². The van der Waals surface area contributed by atoms with Gasteiger partial charge < -0.3 is 28.8 Å². The van der Waals surface area contributed by atoms with Gasteiger partial charge in [-0.15, -0.1) is 0 Å². The van der Waals surface area contributed by atoms with Crippen LogP contribution in [0.3, 0.4) is 0 Å². The van der Waals surface area contributed by atoms with E-state index in [-0.39, 0.29) is 24.3 Å². The van der Waals surface area contributed by atoms with Gasteiger partial charge in [0.2, 0.25) is 6.29 Å². The van der Waals surface area contributed by atoms with Crippen molar-refractivity contribution in [3.63, 3.8) is 0 Å². The number of fused-ring (bicyclic) bond motifs is 1. The van der Waals surface area contributed by atoms with Crippen molar-refractivity contribution in [3.05, 3.63) is 131 Å². The SMILES string of the molecule is COc1ccc(O[C@@H]2O[C@H](COCc3ccccc3)[C@@H](O)[C@H](OCc3ccccc3)[C@H]2N2C(=O)c3ccccc3C2=O)cc1. The number of benzene rings is 4. The number of imide groups is 1. The largest absolute Gasteiger partial charge is 0.497 e. The minimum absolute atomic E-state index is 0.0125. The highest BCUT2D eigenvalue weighted by Crippen LogP contribution is 2.35. The molecule has 9 heteroatoms. The quantitative estimate of drug-likeness (QED) is 0.251. The molecule has 226 valence electrons. The van der Waals surface area contributed by atoms with Gasteiger partial charge in [-0.25, -0.2) is 0 Å². The zero-order chi connectivity index (χ0) is 30.5. The van der Waals surface area contributed by atoms with E-state index in [1.807, 2.05) is 60.7 Å². The van der Waals surface area contributed by atoms with Crippen LogP contribution in [0.4, 0.5) is 0 Å². The summed E-state index contributed by atoms with van der Waals surface area (Å²) in [5, 5.41) is 11.7. The van der Waals surface area contributed by atoms with Crippen LogP contribution in [0, 0.1) is 0 Å². The number of methoxy groups -OCH3 is 1. The Labute approximate surface area is 255 Å². The van der Waals surface area contributed by atoms with Gasteiger partial charge in [-0.05, 0) is 47.5 Å². The van der Waals surface area contributed by atoms with Crippen LogP contribution in [0.5, 0.6) is 11.5 Å². The number of ether oxygens (including phenoxy) is 5. The Balaban J connectivity index is 1.33. The van der Waals surface area contributed by atoms with Crippen molar-refractivity contribution in [1.82, 2.24) is 4.90 Å². The van der Waals surface area contributed by atoms with Gasteiger partial charge in [0.25, 0.3) is 11.8 Å². The summed E-state index contributed by atoms with van der Waals surface area (Å²) in [4.78, 5) is 28.6. The lowest BCUT2D eigenvalue weighted by Gasteiger charge is -2.46. The molecule has 6 rings (SSSR count). The molecule has 0 aliphatic carbocycles. The maximum atomic E-state index is 13.7. The second kappa shape index (κ2) is 13.4. The Morgan fingerprint density at radius 2 is 1.27 bits per heavy atom. The van der Waals surface area contributed by atoms with Gasteiger partial charge in [0.1, 0.15) is 35.9 Å². The number of aliphatic hydroxyl groups excluding tert-OH is 1. The summed E-state index contributed by atoms with van der Waals surface area (Å²) in [5.74, 6) is 0.0219. The molecule has 0 radical (unpaired) electrons. The van der Waals surface area contributed by atoms with Crippen molar-refractivity contribution in [3.8, 4) is 11.5 Å². The molecule has 9 nitrogen and oxygen atoms in total. The number of hydrogen-bond donors (Lipinski definition) is 1. The molecular weight excluding hydrogens is 562 g/mol. The monoisotopic (exact) mass is 595 g/mol. The predicted octanol–water partition coefficient (Wildman–Crippen LogP) is 4.63. The van der Waals surface area contributed by atoms with Gasteiger partial charge in [-0.2, -0.15) is 0 Å². The van der Waals surface area contributed by atoms with Gasteiger partial charge in [0, 0.05) is 0 Å². The lowest BCUT2D eigenvalue weighted by molar-refractivity contribution is -0.267. The summed E-state index contributed by atoms with van der Waals surface area (Å²) >= 11 is 0. The molecule has 1 N–H and O–H groups in total. The molecule has 1 fully saturated rings. The van der Waals surface area contributed by atoms with Crippen LogP contribution in [0.1, 0.15) is 31.8 Å². The number of hydrogen-bond acceptors (Lipinski definition) is 8. The Morgan fingerprint density at radius 3 is 1.86 bits per heavy atom. The zero-order valence-electron chi connectivity index (χ0n) is 24.2. The number of carbonyl (C=O) groups is 2. The number of amides is 2. The summed E-state index contributed by atoms with van der Waals surface area (Å²) < 4.78 is 30.3. The van der Waals surface area contributed by atoms with Crippen LogP contribution in [-0.4, -0.2) is 66.2 Å². The molecule has 2 aliphatic rings. The summed E-state index contributed by atoms with van der Waals surface area (Å²) in [6.07, 6.45) is -4.42. The van der Waals surface area contributed by atoms with E-state index in [1.54, 1.807) is 55.6 Å². The Kier molecular flexibility index (Phi) is 8.99. The fourth-order valence-electron chi connectivity index (χ4n) is 5.50. The highest BCUT2D eigenvalue weighted by molar-refractivity contribution is 6.21. The first-order valence-corrected chi connectivity index (χ1v) is 14.4. The van der Waals surface area contributed by atoms with Crippen molar-refractivity contribution >= 4 is 11.8 Å². The van der Waals surface area contributed by atoms with Gasteiger partial charge in [-0.1, -0.05) is 72.8 Å². The van der Waals surface area contributed by atoms with Gasteiger partial charge in [0.05, 0.1) is 38.1 Å². The summed E-state index contributed by atoms with van der Waals surface area (Å²) in [6, 6.07) is 31.5. The second-order valence-electron chi connectivity index (χ2n) is 10.6. The van der Waals surface area contributed by atoms with Crippen LogP contribution in [0.15, 0.2) is 109 Å². The third kappa shape index (κ3) is 6.22. The molecular formula is C35H33NO8. The maximum Gasteiger partial charge on any atom is 0.262 e. The van der Waals surface area contributed by atoms with E-state index in [9.17, 15) is 14.7 Å². The Hall–Kier alpha value is -4.54.